The van der Waals surface area contributed by atoms with Crippen LogP contribution in [0.15, 0.2) is 0 Å². The number of hydrogen-bond acceptors (Lipinski definition) is 4. The van der Waals surface area contributed by atoms with Crippen molar-refractivity contribution in [3.05, 3.63) is 0 Å². The van der Waals surface area contributed by atoms with Crippen LogP contribution in [0.25, 0.3) is 0 Å². The summed E-state index contributed by atoms with van der Waals surface area (Å²) in [5, 5.41) is 13.1. The molecule has 2 N–H and O–H groups in total. The maximum atomic E-state index is 9.81. The molecular weight excluding hydrogens is 194 g/mol. The van der Waals surface area contributed by atoms with Crippen LogP contribution in [-0.4, -0.2) is 42.8 Å². The van der Waals surface area contributed by atoms with Gasteiger partial charge in [-0.05, 0) is 26.8 Å². The van der Waals surface area contributed by atoms with Gasteiger partial charge in [-0.25, -0.2) is 0 Å². The molecule has 90 valence electrons. The molecule has 0 aliphatic carbocycles. The first-order chi connectivity index (χ1) is 7.05. The number of nitrogens with one attached hydrogen (secondary N) is 1. The Morgan fingerprint density at radius 3 is 2.67 bits per heavy atom. The van der Waals surface area contributed by atoms with E-state index < -0.39 is 11.9 Å². The first kappa shape index (κ1) is 12.9. The average Bonchev–Trinajstić information content (AvgIpc) is 2.31. The van der Waals surface area contributed by atoms with E-state index in [9.17, 15) is 5.11 Å². The predicted molar refractivity (Wildman–Crippen MR) is 58.7 cm³/mol. The van der Waals surface area contributed by atoms with Gasteiger partial charge in [0, 0.05) is 0 Å². The molecule has 0 radical (unpaired) electrons. The number of ether oxygens (including phenoxy) is 2. The quantitative estimate of drug-likeness (QED) is 0.687. The van der Waals surface area contributed by atoms with Crippen LogP contribution in [0, 0.1) is 0 Å². The zero-order chi connectivity index (χ0) is 11.3. The van der Waals surface area contributed by atoms with E-state index in [1.165, 1.54) is 0 Å². The lowest BCUT2D eigenvalue weighted by atomic mass is 10.2. The molecule has 1 rings (SSSR count). The van der Waals surface area contributed by atoms with Crippen LogP contribution < -0.4 is 5.32 Å². The summed E-state index contributed by atoms with van der Waals surface area (Å²) in [6.45, 7) is 7.63. The van der Waals surface area contributed by atoms with Gasteiger partial charge in [0.1, 0.15) is 0 Å². The van der Waals surface area contributed by atoms with Crippen molar-refractivity contribution in [3.63, 3.8) is 0 Å². The Bertz CT molecular complexity index is 185. The molecule has 0 aromatic heterocycles. The van der Waals surface area contributed by atoms with E-state index in [4.69, 9.17) is 9.47 Å². The van der Waals surface area contributed by atoms with Crippen molar-refractivity contribution < 1.29 is 14.6 Å². The molecule has 15 heavy (non-hydrogen) atoms. The Hall–Kier alpha value is -0.160. The van der Waals surface area contributed by atoms with E-state index in [0.717, 1.165) is 19.4 Å². The first-order valence-corrected chi connectivity index (χ1v) is 5.74. The van der Waals surface area contributed by atoms with Gasteiger partial charge in [0.25, 0.3) is 0 Å². The highest BCUT2D eigenvalue weighted by molar-refractivity contribution is 4.79. The molecular formula is C11H23NO3. The van der Waals surface area contributed by atoms with Crippen LogP contribution in [0.1, 0.15) is 33.6 Å². The third-order valence-corrected chi connectivity index (χ3v) is 2.61. The molecule has 0 saturated carbocycles. The van der Waals surface area contributed by atoms with Crippen molar-refractivity contribution in [2.75, 3.05) is 19.8 Å². The Morgan fingerprint density at radius 2 is 2.00 bits per heavy atom. The molecule has 4 nitrogen and oxygen atoms in total. The van der Waals surface area contributed by atoms with Crippen molar-refractivity contribution in [3.8, 4) is 0 Å². The smallest absolute Gasteiger partial charge is 0.162 e. The second kappa shape index (κ2) is 5.80. The molecule has 0 amide bonds. The van der Waals surface area contributed by atoms with Gasteiger partial charge in [-0.2, -0.15) is 0 Å². The molecule has 0 aromatic carbocycles. The molecule has 0 spiro atoms. The van der Waals surface area contributed by atoms with Gasteiger partial charge in [-0.15, -0.1) is 0 Å². The number of hydrogen-bond donors (Lipinski definition) is 2. The molecule has 1 aliphatic heterocycles. The molecule has 1 heterocycles. The lowest BCUT2D eigenvalue weighted by molar-refractivity contribution is -0.203. The second-order valence-corrected chi connectivity index (χ2v) is 4.50. The van der Waals surface area contributed by atoms with Crippen LogP contribution in [0.2, 0.25) is 0 Å². The van der Waals surface area contributed by atoms with Gasteiger partial charge in [0.05, 0.1) is 25.4 Å². The van der Waals surface area contributed by atoms with E-state index >= 15 is 0 Å². The van der Waals surface area contributed by atoms with Crippen molar-refractivity contribution >= 4 is 0 Å². The minimum Gasteiger partial charge on any atom is -0.389 e. The number of rotatable bonds is 4. The summed E-state index contributed by atoms with van der Waals surface area (Å²) in [7, 11) is 0. The number of unbranched alkanes of at least 4 members (excludes halogenated alkanes) is 1. The van der Waals surface area contributed by atoms with E-state index in [1.54, 1.807) is 0 Å². The van der Waals surface area contributed by atoms with E-state index in [2.05, 4.69) is 12.2 Å². The van der Waals surface area contributed by atoms with Crippen molar-refractivity contribution in [2.45, 2.75) is 51.5 Å². The largest absolute Gasteiger partial charge is 0.389 e. The molecule has 4 heteroatoms. The summed E-state index contributed by atoms with van der Waals surface area (Å²) < 4.78 is 11.0. The first-order valence-electron chi connectivity index (χ1n) is 5.74. The molecule has 1 aliphatic rings. The summed E-state index contributed by atoms with van der Waals surface area (Å²) in [4.78, 5) is 0. The van der Waals surface area contributed by atoms with Crippen molar-refractivity contribution in [1.29, 1.82) is 0 Å². The second-order valence-electron chi connectivity index (χ2n) is 4.50. The summed E-state index contributed by atoms with van der Waals surface area (Å²) >= 11 is 0. The van der Waals surface area contributed by atoms with Crippen molar-refractivity contribution in [2.24, 2.45) is 0 Å². The lowest BCUT2D eigenvalue weighted by Crippen LogP contribution is -2.44. The van der Waals surface area contributed by atoms with E-state index in [1.807, 2.05) is 13.8 Å². The number of aliphatic hydroxyl groups excluding tert-OH is 1. The van der Waals surface area contributed by atoms with Gasteiger partial charge in [0.2, 0.25) is 0 Å². The molecule has 1 saturated heterocycles. The zero-order valence-electron chi connectivity index (χ0n) is 9.95. The molecule has 0 aromatic rings. The van der Waals surface area contributed by atoms with Gasteiger partial charge in [-0.1, -0.05) is 13.3 Å². The highest BCUT2D eigenvalue weighted by Gasteiger charge is 2.30. The van der Waals surface area contributed by atoms with Crippen LogP contribution in [0.4, 0.5) is 0 Å². The van der Waals surface area contributed by atoms with E-state index in [0.29, 0.717) is 13.2 Å². The lowest BCUT2D eigenvalue weighted by Gasteiger charge is -2.22. The van der Waals surface area contributed by atoms with E-state index in [-0.39, 0.29) is 6.04 Å². The molecule has 0 bridgehead atoms. The topological polar surface area (TPSA) is 50.7 Å². The SMILES string of the molecule is CCCCN[C@@H]1COC(C)(C)OC[C@H]1O. The Labute approximate surface area is 92.0 Å². The highest BCUT2D eigenvalue weighted by atomic mass is 16.7. The summed E-state index contributed by atoms with van der Waals surface area (Å²) in [5.74, 6) is -0.581. The van der Waals surface area contributed by atoms with Crippen LogP contribution in [-0.2, 0) is 9.47 Å². The highest BCUT2D eigenvalue weighted by Crippen LogP contribution is 2.17. The molecule has 2 atom stereocenters. The van der Waals surface area contributed by atoms with Gasteiger partial charge in [-0.3, -0.25) is 0 Å². The van der Waals surface area contributed by atoms with Gasteiger partial charge >= 0.3 is 0 Å². The average molecular weight is 217 g/mol. The van der Waals surface area contributed by atoms with Gasteiger partial charge in [0.15, 0.2) is 5.79 Å². The standard InChI is InChI=1S/C11H23NO3/c1-4-5-6-12-9-7-14-11(2,3)15-8-10(9)13/h9-10,12-13H,4-8H2,1-3H3/t9-,10-/m1/s1. The number of aliphatic hydroxyl groups is 1. The van der Waals surface area contributed by atoms with Crippen LogP contribution in [0.5, 0.6) is 0 Å². The zero-order valence-corrected chi connectivity index (χ0v) is 9.95. The summed E-state index contributed by atoms with van der Waals surface area (Å²) in [6, 6.07) is -0.0154. The Balaban J connectivity index is 2.36. The Kier molecular flexibility index (Phi) is 4.99. The monoisotopic (exact) mass is 217 g/mol. The predicted octanol–water partition coefficient (Wildman–Crippen LogP) is 0.888. The maximum Gasteiger partial charge on any atom is 0.162 e. The van der Waals surface area contributed by atoms with Crippen molar-refractivity contribution in [1.82, 2.24) is 5.32 Å². The minimum atomic E-state index is -0.581. The summed E-state index contributed by atoms with van der Waals surface area (Å²) in [5.41, 5.74) is 0. The van der Waals surface area contributed by atoms with Crippen LogP contribution >= 0.6 is 0 Å². The maximum absolute atomic E-state index is 9.81. The van der Waals surface area contributed by atoms with Gasteiger partial charge < -0.3 is 19.9 Å². The fraction of sp³-hybridized carbons (Fsp3) is 1.00. The third kappa shape index (κ3) is 4.47. The summed E-state index contributed by atoms with van der Waals surface area (Å²) in [6.07, 6.45) is 1.79. The molecule has 0 unspecified atom stereocenters. The fourth-order valence-electron chi connectivity index (χ4n) is 1.50. The Morgan fingerprint density at radius 1 is 1.33 bits per heavy atom. The third-order valence-electron chi connectivity index (χ3n) is 2.61. The molecule has 1 fully saturated rings. The van der Waals surface area contributed by atoms with Crippen LogP contribution in [0.3, 0.4) is 0 Å². The minimum absolute atomic E-state index is 0.0154. The normalized spacial score (nSPS) is 31.2. The fourth-order valence-corrected chi connectivity index (χ4v) is 1.50.